The maximum absolute atomic E-state index is 5.92. The van der Waals surface area contributed by atoms with Gasteiger partial charge in [-0.3, -0.25) is 9.58 Å². The highest BCUT2D eigenvalue weighted by Gasteiger charge is 2.27. The number of hydrogen-bond donors (Lipinski definition) is 0. The van der Waals surface area contributed by atoms with Crippen LogP contribution in [0.4, 0.5) is 0 Å². The van der Waals surface area contributed by atoms with Gasteiger partial charge in [-0.25, -0.2) is 9.97 Å². The number of rotatable bonds is 9. The first-order valence-corrected chi connectivity index (χ1v) is 11.6. The molecule has 0 aliphatic heterocycles. The molecule has 0 spiro atoms. The first kappa shape index (κ1) is 22.9. The van der Waals surface area contributed by atoms with Crippen LogP contribution in [0.2, 0.25) is 0 Å². The zero-order chi connectivity index (χ0) is 24.5. The molecule has 0 amide bonds. The Morgan fingerprint density at radius 1 is 0.857 bits per heavy atom. The van der Waals surface area contributed by atoms with E-state index in [1.807, 2.05) is 55.9 Å². The SMILES string of the molecule is Cc1cnn([C@H](C)[C@@H](C)N(Cc2nc(-c3ccco3)oc2C)Cc2nc(-c3ccco3)oc2C)c1. The molecule has 0 bridgehead atoms. The second-order valence-corrected chi connectivity index (χ2v) is 8.88. The summed E-state index contributed by atoms with van der Waals surface area (Å²) >= 11 is 0. The van der Waals surface area contributed by atoms with Crippen molar-refractivity contribution in [1.82, 2.24) is 24.6 Å². The standard InChI is InChI=1S/C26H29N5O4/c1-16-12-27-31(13-16)18(3)17(2)30(14-21-19(4)34-25(28-21)23-8-6-10-32-23)15-22-20(5)35-26(29-22)24-9-7-11-33-24/h6-13,17-18H,14-15H2,1-5H3/t17-,18-/m1/s1. The van der Waals surface area contributed by atoms with Crippen molar-refractivity contribution in [1.29, 1.82) is 0 Å². The molecule has 0 aliphatic carbocycles. The summed E-state index contributed by atoms with van der Waals surface area (Å²) in [6.45, 7) is 11.4. The van der Waals surface area contributed by atoms with E-state index in [0.717, 1.165) is 28.5 Å². The first-order valence-electron chi connectivity index (χ1n) is 11.6. The summed E-state index contributed by atoms with van der Waals surface area (Å²) in [6.07, 6.45) is 7.16. The van der Waals surface area contributed by atoms with Crippen molar-refractivity contribution in [2.45, 2.75) is 59.8 Å². The highest BCUT2D eigenvalue weighted by Crippen LogP contribution is 2.28. The van der Waals surface area contributed by atoms with Crippen molar-refractivity contribution in [3.8, 4) is 23.3 Å². The zero-order valence-corrected chi connectivity index (χ0v) is 20.6. The number of oxazole rings is 2. The van der Waals surface area contributed by atoms with Crippen molar-refractivity contribution < 1.29 is 17.7 Å². The molecule has 5 heterocycles. The summed E-state index contributed by atoms with van der Waals surface area (Å²) in [5.74, 6) is 3.67. The third kappa shape index (κ3) is 4.72. The van der Waals surface area contributed by atoms with E-state index in [0.29, 0.717) is 36.4 Å². The molecule has 5 aromatic heterocycles. The van der Waals surface area contributed by atoms with E-state index in [1.165, 1.54) is 0 Å². The van der Waals surface area contributed by atoms with Gasteiger partial charge in [0.05, 0.1) is 36.2 Å². The molecule has 5 aromatic rings. The molecule has 182 valence electrons. The Hall–Kier alpha value is -3.85. The van der Waals surface area contributed by atoms with Crippen LogP contribution in [0.5, 0.6) is 0 Å². The average Bonchev–Trinajstić information content (AvgIpc) is 3.65. The normalized spacial score (nSPS) is 13.5. The van der Waals surface area contributed by atoms with Crippen LogP contribution in [0.25, 0.3) is 23.3 Å². The molecule has 0 aliphatic rings. The van der Waals surface area contributed by atoms with Gasteiger partial charge >= 0.3 is 0 Å². The van der Waals surface area contributed by atoms with Crippen LogP contribution in [0.15, 0.2) is 66.9 Å². The molecule has 9 nitrogen and oxygen atoms in total. The Kier molecular flexibility index (Phi) is 6.17. The van der Waals surface area contributed by atoms with Crippen LogP contribution in [-0.2, 0) is 13.1 Å². The Morgan fingerprint density at radius 3 is 1.83 bits per heavy atom. The van der Waals surface area contributed by atoms with Gasteiger partial charge in [0.2, 0.25) is 0 Å². The third-order valence-electron chi connectivity index (χ3n) is 6.38. The Balaban J connectivity index is 1.45. The highest BCUT2D eigenvalue weighted by molar-refractivity contribution is 5.45. The lowest BCUT2D eigenvalue weighted by atomic mass is 10.1. The summed E-state index contributed by atoms with van der Waals surface area (Å²) < 4.78 is 24.8. The molecule has 0 unspecified atom stereocenters. The monoisotopic (exact) mass is 475 g/mol. The maximum Gasteiger partial charge on any atom is 0.263 e. The van der Waals surface area contributed by atoms with Gasteiger partial charge in [0.1, 0.15) is 11.5 Å². The van der Waals surface area contributed by atoms with Crippen molar-refractivity contribution in [2.75, 3.05) is 0 Å². The van der Waals surface area contributed by atoms with Gasteiger partial charge in [0.25, 0.3) is 11.8 Å². The Labute approximate surface area is 203 Å². The first-order chi connectivity index (χ1) is 16.9. The smallest absolute Gasteiger partial charge is 0.263 e. The number of hydrogen-bond acceptors (Lipinski definition) is 8. The summed E-state index contributed by atoms with van der Waals surface area (Å²) in [5.41, 5.74) is 2.82. The van der Waals surface area contributed by atoms with E-state index in [4.69, 9.17) is 27.6 Å². The molecule has 35 heavy (non-hydrogen) atoms. The van der Waals surface area contributed by atoms with E-state index in [1.54, 1.807) is 12.5 Å². The molecule has 0 fully saturated rings. The van der Waals surface area contributed by atoms with Gasteiger partial charge in [-0.15, -0.1) is 0 Å². The van der Waals surface area contributed by atoms with Gasteiger partial charge < -0.3 is 17.7 Å². The van der Waals surface area contributed by atoms with Crippen molar-refractivity contribution in [3.05, 3.63) is 77.7 Å². The second-order valence-electron chi connectivity index (χ2n) is 8.88. The maximum atomic E-state index is 5.92. The Bertz CT molecular complexity index is 1300. The van der Waals surface area contributed by atoms with E-state index in [2.05, 4.69) is 30.0 Å². The molecular formula is C26H29N5O4. The number of nitrogens with zero attached hydrogens (tertiary/aromatic N) is 5. The summed E-state index contributed by atoms with van der Waals surface area (Å²) in [7, 11) is 0. The molecule has 2 atom stereocenters. The second kappa shape index (κ2) is 9.42. The van der Waals surface area contributed by atoms with E-state index in [9.17, 15) is 0 Å². The number of aryl methyl sites for hydroxylation is 3. The fourth-order valence-electron chi connectivity index (χ4n) is 4.07. The van der Waals surface area contributed by atoms with E-state index < -0.39 is 0 Å². The molecular weight excluding hydrogens is 446 g/mol. The van der Waals surface area contributed by atoms with Crippen molar-refractivity contribution >= 4 is 0 Å². The minimum atomic E-state index is 0.0978. The topological polar surface area (TPSA) is 99.4 Å². The van der Waals surface area contributed by atoms with Crippen LogP contribution < -0.4 is 0 Å². The largest absolute Gasteiger partial charge is 0.459 e. The van der Waals surface area contributed by atoms with E-state index >= 15 is 0 Å². The lowest BCUT2D eigenvalue weighted by Gasteiger charge is -2.32. The van der Waals surface area contributed by atoms with Crippen LogP contribution in [0.1, 0.15) is 48.4 Å². The number of furan rings is 2. The van der Waals surface area contributed by atoms with Gasteiger partial charge in [-0.05, 0) is 64.4 Å². The van der Waals surface area contributed by atoms with Gasteiger partial charge in [0, 0.05) is 25.3 Å². The lowest BCUT2D eigenvalue weighted by molar-refractivity contribution is 0.137. The molecule has 0 aromatic carbocycles. The minimum Gasteiger partial charge on any atom is -0.459 e. The fourth-order valence-corrected chi connectivity index (χ4v) is 4.07. The quantitative estimate of drug-likeness (QED) is 0.258. The predicted octanol–water partition coefficient (Wildman–Crippen LogP) is 5.96. The van der Waals surface area contributed by atoms with Crippen LogP contribution in [0, 0.1) is 20.8 Å². The zero-order valence-electron chi connectivity index (χ0n) is 20.6. The summed E-state index contributed by atoms with van der Waals surface area (Å²) in [6, 6.07) is 7.53. The van der Waals surface area contributed by atoms with Crippen LogP contribution in [-0.4, -0.2) is 30.7 Å². The predicted molar refractivity (Wildman–Crippen MR) is 128 cm³/mol. The van der Waals surface area contributed by atoms with Crippen molar-refractivity contribution in [2.24, 2.45) is 0 Å². The number of aromatic nitrogens is 4. The summed E-state index contributed by atoms with van der Waals surface area (Å²) in [4.78, 5) is 11.8. The average molecular weight is 476 g/mol. The molecule has 9 heteroatoms. The molecule has 0 N–H and O–H groups in total. The van der Waals surface area contributed by atoms with E-state index in [-0.39, 0.29) is 12.1 Å². The summed E-state index contributed by atoms with van der Waals surface area (Å²) in [5, 5.41) is 4.54. The van der Waals surface area contributed by atoms with Gasteiger partial charge in [-0.1, -0.05) is 0 Å². The lowest BCUT2D eigenvalue weighted by Crippen LogP contribution is -2.38. The van der Waals surface area contributed by atoms with Crippen LogP contribution >= 0.6 is 0 Å². The molecule has 5 rings (SSSR count). The van der Waals surface area contributed by atoms with Crippen LogP contribution in [0.3, 0.4) is 0 Å². The minimum absolute atomic E-state index is 0.0978. The van der Waals surface area contributed by atoms with Crippen molar-refractivity contribution in [3.63, 3.8) is 0 Å². The Morgan fingerprint density at radius 2 is 1.40 bits per heavy atom. The van der Waals surface area contributed by atoms with Gasteiger partial charge in [0.15, 0.2) is 11.5 Å². The molecule has 0 radical (unpaired) electrons. The molecule has 0 saturated carbocycles. The van der Waals surface area contributed by atoms with Gasteiger partial charge in [-0.2, -0.15) is 5.10 Å². The molecule has 0 saturated heterocycles. The fraction of sp³-hybridized carbons (Fsp3) is 0.346. The highest BCUT2D eigenvalue weighted by atomic mass is 16.4. The third-order valence-corrected chi connectivity index (χ3v) is 6.38.